The predicted molar refractivity (Wildman–Crippen MR) is 108 cm³/mol. The average molecular weight is 340 g/mol. The van der Waals surface area contributed by atoms with Gasteiger partial charge in [0.05, 0.1) is 0 Å². The van der Waals surface area contributed by atoms with Gasteiger partial charge in [-0.2, -0.15) is 0 Å². The van der Waals surface area contributed by atoms with Crippen LogP contribution in [0, 0.1) is 6.92 Å². The maximum absolute atomic E-state index is 6.32. The van der Waals surface area contributed by atoms with Gasteiger partial charge in [-0.1, -0.05) is 51.1 Å². The highest BCUT2D eigenvalue weighted by molar-refractivity contribution is 6.98. The minimum Gasteiger partial charge on any atom is -0.458 e. The molecule has 0 unspecified atom stereocenters. The van der Waals surface area contributed by atoms with Crippen LogP contribution in [0.3, 0.4) is 0 Å². The zero-order valence-corrected chi connectivity index (χ0v) is 15.6. The van der Waals surface area contributed by atoms with Crippen LogP contribution in [0.5, 0.6) is 23.0 Å². The third kappa shape index (κ3) is 2.20. The van der Waals surface area contributed by atoms with Crippen LogP contribution >= 0.6 is 0 Å². The Bertz CT molecular complexity index is 1050. The third-order valence-electron chi connectivity index (χ3n) is 5.43. The second-order valence-electron chi connectivity index (χ2n) is 8.35. The molecule has 128 valence electrons. The quantitative estimate of drug-likeness (QED) is 0.397. The van der Waals surface area contributed by atoms with E-state index in [9.17, 15) is 0 Å². The number of aryl methyl sites for hydroxylation is 1. The minimum atomic E-state index is 0.0885. The van der Waals surface area contributed by atoms with E-state index < -0.39 is 0 Å². The molecule has 0 bridgehead atoms. The van der Waals surface area contributed by atoms with E-state index in [0.717, 1.165) is 28.5 Å². The second kappa shape index (κ2) is 5.17. The van der Waals surface area contributed by atoms with Gasteiger partial charge in [0.1, 0.15) is 23.0 Å². The third-order valence-corrected chi connectivity index (χ3v) is 5.43. The highest BCUT2D eigenvalue weighted by Crippen LogP contribution is 2.35. The van der Waals surface area contributed by atoms with Gasteiger partial charge in [0.15, 0.2) is 0 Å². The molecule has 0 amide bonds. The van der Waals surface area contributed by atoms with Crippen molar-refractivity contribution in [2.24, 2.45) is 0 Å². The summed E-state index contributed by atoms with van der Waals surface area (Å²) in [6, 6.07) is 19.2. The average Bonchev–Trinajstić information content (AvgIpc) is 2.60. The van der Waals surface area contributed by atoms with Crippen molar-refractivity contribution in [1.29, 1.82) is 0 Å². The second-order valence-corrected chi connectivity index (χ2v) is 8.35. The summed E-state index contributed by atoms with van der Waals surface area (Å²) in [5.41, 5.74) is 6.14. The summed E-state index contributed by atoms with van der Waals surface area (Å²) < 4.78 is 12.5. The summed E-state index contributed by atoms with van der Waals surface area (Å²) in [7, 11) is 0. The molecule has 3 aromatic carbocycles. The maximum atomic E-state index is 6.32. The van der Waals surface area contributed by atoms with Crippen molar-refractivity contribution in [3.63, 3.8) is 0 Å². The Morgan fingerprint density at radius 2 is 1.35 bits per heavy atom. The van der Waals surface area contributed by atoms with Gasteiger partial charge < -0.3 is 9.47 Å². The first-order valence-electron chi connectivity index (χ1n) is 9.15. The molecule has 0 atom stereocenters. The molecule has 0 spiro atoms. The Morgan fingerprint density at radius 1 is 0.731 bits per heavy atom. The summed E-state index contributed by atoms with van der Waals surface area (Å²) in [6.45, 7) is 8.95. The predicted octanol–water partition coefficient (Wildman–Crippen LogP) is 4.02. The molecule has 3 heteroatoms. The van der Waals surface area contributed by atoms with E-state index in [1.165, 1.54) is 22.1 Å². The highest BCUT2D eigenvalue weighted by Gasteiger charge is 2.40. The van der Waals surface area contributed by atoms with Gasteiger partial charge in [-0.15, -0.1) is 0 Å². The molecule has 2 heterocycles. The zero-order chi connectivity index (χ0) is 18.1. The monoisotopic (exact) mass is 340 g/mol. The van der Waals surface area contributed by atoms with Gasteiger partial charge in [0.2, 0.25) is 0 Å². The van der Waals surface area contributed by atoms with Crippen molar-refractivity contribution in [2.75, 3.05) is 0 Å². The summed E-state index contributed by atoms with van der Waals surface area (Å²) in [5, 5.41) is 0. The van der Waals surface area contributed by atoms with E-state index >= 15 is 0 Å². The standard InChI is InChI=1S/C23H21BO2/c1-14-8-10-16-20(12-14)25-18-6-5-7-19-22(18)24(16)17-11-9-15(23(2,3)4)13-21(17)26-19/h5-13H,1-4H3. The normalized spacial score (nSPS) is 13.9. The molecule has 3 aromatic rings. The molecular formula is C23H21BO2. The largest absolute Gasteiger partial charge is 0.458 e. The molecule has 0 N–H and O–H groups in total. The lowest BCUT2D eigenvalue weighted by atomic mass is 9.35. The van der Waals surface area contributed by atoms with Crippen LogP contribution in [0.25, 0.3) is 0 Å². The molecule has 26 heavy (non-hydrogen) atoms. The molecule has 0 fully saturated rings. The Balaban J connectivity index is 1.77. The molecule has 0 aliphatic carbocycles. The molecule has 2 aliphatic heterocycles. The molecule has 2 nitrogen and oxygen atoms in total. The summed E-state index contributed by atoms with van der Waals surface area (Å²) >= 11 is 0. The SMILES string of the molecule is Cc1ccc2c(c1)Oc1cccc3c1B2c1ccc(C(C)(C)C)cc1O3. The van der Waals surface area contributed by atoms with E-state index in [1.807, 2.05) is 18.2 Å². The van der Waals surface area contributed by atoms with Crippen molar-refractivity contribution in [3.05, 3.63) is 65.7 Å². The van der Waals surface area contributed by atoms with Crippen LogP contribution in [0.1, 0.15) is 31.9 Å². The Morgan fingerprint density at radius 3 is 2.00 bits per heavy atom. The number of hydrogen-bond acceptors (Lipinski definition) is 2. The van der Waals surface area contributed by atoms with Crippen molar-refractivity contribution < 1.29 is 9.47 Å². The van der Waals surface area contributed by atoms with Gasteiger partial charge in [-0.25, -0.2) is 0 Å². The number of rotatable bonds is 0. The van der Waals surface area contributed by atoms with Gasteiger partial charge in [-0.3, -0.25) is 0 Å². The summed E-state index contributed by atoms with van der Waals surface area (Å²) in [4.78, 5) is 0. The molecule has 0 saturated carbocycles. The van der Waals surface area contributed by atoms with Crippen LogP contribution in [-0.2, 0) is 5.41 Å². The highest BCUT2D eigenvalue weighted by atomic mass is 16.5. The van der Waals surface area contributed by atoms with E-state index in [2.05, 4.69) is 64.1 Å². The van der Waals surface area contributed by atoms with Crippen LogP contribution in [0.2, 0.25) is 0 Å². The topological polar surface area (TPSA) is 18.5 Å². The Kier molecular flexibility index (Phi) is 3.09. The van der Waals surface area contributed by atoms with Gasteiger partial charge in [0, 0.05) is 5.46 Å². The number of fused-ring (bicyclic) bond motifs is 4. The number of ether oxygens (including phenoxy) is 2. The lowest BCUT2D eigenvalue weighted by Crippen LogP contribution is -2.57. The van der Waals surface area contributed by atoms with Crippen LogP contribution < -0.4 is 25.9 Å². The maximum Gasteiger partial charge on any atom is 0.260 e. The first kappa shape index (κ1) is 15.6. The molecule has 0 saturated heterocycles. The molecule has 0 aromatic heterocycles. The number of benzene rings is 3. The van der Waals surface area contributed by atoms with Crippen LogP contribution in [0.15, 0.2) is 54.6 Å². The molecule has 2 aliphatic rings. The van der Waals surface area contributed by atoms with Crippen molar-refractivity contribution >= 4 is 23.1 Å². The first-order valence-corrected chi connectivity index (χ1v) is 9.15. The fourth-order valence-corrected chi connectivity index (χ4v) is 4.00. The molecular weight excluding hydrogens is 319 g/mol. The molecule has 0 radical (unpaired) electrons. The number of hydrogen-bond donors (Lipinski definition) is 0. The summed E-state index contributed by atoms with van der Waals surface area (Å²) in [5.74, 6) is 3.71. The zero-order valence-electron chi connectivity index (χ0n) is 15.6. The van der Waals surface area contributed by atoms with E-state index in [0.29, 0.717) is 0 Å². The van der Waals surface area contributed by atoms with E-state index in [1.54, 1.807) is 0 Å². The minimum absolute atomic E-state index is 0.0885. The van der Waals surface area contributed by atoms with Crippen LogP contribution in [0.4, 0.5) is 0 Å². The Labute approximate surface area is 154 Å². The summed E-state index contributed by atoms with van der Waals surface area (Å²) in [6.07, 6.45) is 0. The fraction of sp³-hybridized carbons (Fsp3) is 0.217. The van der Waals surface area contributed by atoms with E-state index in [-0.39, 0.29) is 12.1 Å². The van der Waals surface area contributed by atoms with Gasteiger partial charge in [0.25, 0.3) is 6.71 Å². The van der Waals surface area contributed by atoms with E-state index in [4.69, 9.17) is 9.47 Å². The van der Waals surface area contributed by atoms with Crippen molar-refractivity contribution in [3.8, 4) is 23.0 Å². The molecule has 5 rings (SSSR count). The van der Waals surface area contributed by atoms with Crippen molar-refractivity contribution in [1.82, 2.24) is 0 Å². The van der Waals surface area contributed by atoms with Crippen LogP contribution in [-0.4, -0.2) is 6.71 Å². The first-order chi connectivity index (χ1) is 12.4. The van der Waals surface area contributed by atoms with Crippen molar-refractivity contribution in [2.45, 2.75) is 33.1 Å². The fourth-order valence-electron chi connectivity index (χ4n) is 4.00. The lowest BCUT2D eigenvalue weighted by molar-refractivity contribution is 0.462. The Hall–Kier alpha value is -2.68. The van der Waals surface area contributed by atoms with Gasteiger partial charge >= 0.3 is 0 Å². The smallest absolute Gasteiger partial charge is 0.260 e. The van der Waals surface area contributed by atoms with Gasteiger partial charge in [-0.05, 0) is 58.7 Å². The lowest BCUT2D eigenvalue weighted by Gasteiger charge is -2.33.